The van der Waals surface area contributed by atoms with Crippen molar-refractivity contribution in [2.24, 2.45) is 0 Å². The number of aryl methyl sites for hydroxylation is 1. The first kappa shape index (κ1) is 27.6. The van der Waals surface area contributed by atoms with Crippen LogP contribution in [0.2, 0.25) is 0 Å². The minimum Gasteiger partial charge on any atom is -0.494 e. The molecule has 1 fully saturated rings. The van der Waals surface area contributed by atoms with Gasteiger partial charge in [0.2, 0.25) is 0 Å². The van der Waals surface area contributed by atoms with Crippen molar-refractivity contribution in [3.05, 3.63) is 34.4 Å². The Hall–Kier alpha value is -3.40. The van der Waals surface area contributed by atoms with Gasteiger partial charge < -0.3 is 19.1 Å². The topological polar surface area (TPSA) is 108 Å². The number of carbonyl (C=O) groups is 1. The molecule has 206 valence electrons. The van der Waals surface area contributed by atoms with E-state index in [1.807, 2.05) is 19.1 Å². The quantitative estimate of drug-likeness (QED) is 0.335. The number of aromatic nitrogens is 4. The number of benzene rings is 1. The summed E-state index contributed by atoms with van der Waals surface area (Å²) in [7, 11) is 1.68. The Labute approximate surface area is 224 Å². The lowest BCUT2D eigenvalue weighted by Gasteiger charge is -2.33. The number of fused-ring (bicyclic) bond motifs is 1. The van der Waals surface area contributed by atoms with Gasteiger partial charge in [0, 0.05) is 35.3 Å². The fraction of sp³-hybridized carbons (Fsp3) is 0.571. The highest BCUT2D eigenvalue weighted by Crippen LogP contribution is 2.40. The van der Waals surface area contributed by atoms with Crippen LogP contribution in [0.3, 0.4) is 0 Å². The van der Waals surface area contributed by atoms with E-state index in [0.717, 1.165) is 54.1 Å². The molecule has 0 unspecified atom stereocenters. The number of anilines is 2. The van der Waals surface area contributed by atoms with Crippen LogP contribution in [0.15, 0.2) is 12.1 Å². The molecule has 10 heteroatoms. The molecule has 1 saturated heterocycles. The lowest BCUT2D eigenvalue weighted by atomic mass is 9.84. The van der Waals surface area contributed by atoms with E-state index in [4.69, 9.17) is 25.0 Å². The zero-order valence-electron chi connectivity index (χ0n) is 23.8. The summed E-state index contributed by atoms with van der Waals surface area (Å²) in [6.45, 7) is 15.7. The molecule has 1 aliphatic heterocycles. The third kappa shape index (κ3) is 5.14. The number of ketones is 1. The van der Waals surface area contributed by atoms with Crippen molar-refractivity contribution in [3.63, 3.8) is 0 Å². The van der Waals surface area contributed by atoms with Crippen LogP contribution in [0, 0.1) is 0 Å². The number of nitrogens with two attached hydrogens (primary N) is 1. The van der Waals surface area contributed by atoms with Crippen molar-refractivity contribution in [3.8, 4) is 11.6 Å². The number of ether oxygens (including phenoxy) is 3. The minimum atomic E-state index is -0.232. The molecule has 0 aliphatic carbocycles. The van der Waals surface area contributed by atoms with Crippen LogP contribution in [0.25, 0.3) is 5.65 Å². The van der Waals surface area contributed by atoms with E-state index in [2.05, 4.69) is 44.6 Å². The molecule has 0 amide bonds. The SMILES string of the molecule is CCOc1nn2c(N)[n+](CC(=O)c3cc(N4CCOCC4)c(OC)c(C(C)(C)C)c3)nc2c(CC)c1CC. The second kappa shape index (κ2) is 11.1. The molecule has 0 saturated carbocycles. The molecule has 4 rings (SSSR count). The van der Waals surface area contributed by atoms with Crippen molar-refractivity contribution in [1.29, 1.82) is 0 Å². The Kier molecular flexibility index (Phi) is 8.10. The van der Waals surface area contributed by atoms with Gasteiger partial charge in [-0.25, -0.2) is 0 Å². The van der Waals surface area contributed by atoms with E-state index < -0.39 is 0 Å². The van der Waals surface area contributed by atoms with E-state index in [9.17, 15) is 4.79 Å². The molecule has 3 heterocycles. The van der Waals surface area contributed by atoms with Gasteiger partial charge in [0.1, 0.15) is 5.75 Å². The van der Waals surface area contributed by atoms with Crippen LogP contribution < -0.4 is 24.8 Å². The lowest BCUT2D eigenvalue weighted by molar-refractivity contribution is -0.723. The molecular formula is C28H41N6O4+. The molecule has 1 aromatic carbocycles. The van der Waals surface area contributed by atoms with Crippen LogP contribution in [-0.4, -0.2) is 60.5 Å². The van der Waals surface area contributed by atoms with Gasteiger partial charge in [0.15, 0.2) is 12.3 Å². The van der Waals surface area contributed by atoms with Crippen LogP contribution in [0.1, 0.15) is 68.6 Å². The van der Waals surface area contributed by atoms with Crippen molar-refractivity contribution < 1.29 is 23.7 Å². The van der Waals surface area contributed by atoms with E-state index in [1.54, 1.807) is 11.6 Å². The molecule has 3 aromatic rings. The van der Waals surface area contributed by atoms with Gasteiger partial charge in [-0.1, -0.05) is 49.3 Å². The van der Waals surface area contributed by atoms with Crippen molar-refractivity contribution in [1.82, 2.24) is 14.7 Å². The number of nitrogen functional groups attached to an aromatic ring is 1. The van der Waals surface area contributed by atoms with E-state index in [0.29, 0.717) is 36.9 Å². The summed E-state index contributed by atoms with van der Waals surface area (Å²) in [5.41, 5.74) is 11.4. The maximum Gasteiger partial charge on any atom is 0.401 e. The van der Waals surface area contributed by atoms with Gasteiger partial charge in [0.05, 0.1) is 32.6 Å². The lowest BCUT2D eigenvalue weighted by Crippen LogP contribution is -2.42. The number of morpholine rings is 1. The summed E-state index contributed by atoms with van der Waals surface area (Å²) in [6, 6.07) is 3.86. The normalized spacial score (nSPS) is 14.2. The Morgan fingerprint density at radius 2 is 1.82 bits per heavy atom. The zero-order chi connectivity index (χ0) is 27.6. The summed E-state index contributed by atoms with van der Waals surface area (Å²) in [6.07, 6.45) is 1.51. The maximum absolute atomic E-state index is 13.7. The highest BCUT2D eigenvalue weighted by Gasteiger charge is 2.30. The van der Waals surface area contributed by atoms with Crippen LogP contribution >= 0.6 is 0 Å². The molecule has 2 N–H and O–H groups in total. The third-order valence-electron chi connectivity index (χ3n) is 7.02. The number of methoxy groups -OCH3 is 1. The van der Waals surface area contributed by atoms with Crippen molar-refractivity contribution >= 4 is 23.1 Å². The Bertz CT molecular complexity index is 1320. The molecule has 0 atom stereocenters. The predicted octanol–water partition coefficient (Wildman–Crippen LogP) is 3.15. The number of hydrogen-bond acceptors (Lipinski definition) is 8. The Balaban J connectivity index is 1.79. The summed E-state index contributed by atoms with van der Waals surface area (Å²) in [4.78, 5) is 16.0. The first-order valence-corrected chi connectivity index (χ1v) is 13.5. The average molecular weight is 526 g/mol. The van der Waals surface area contributed by atoms with Gasteiger partial charge in [-0.2, -0.15) is 0 Å². The van der Waals surface area contributed by atoms with Crippen LogP contribution in [0.4, 0.5) is 11.6 Å². The largest absolute Gasteiger partial charge is 0.494 e. The van der Waals surface area contributed by atoms with E-state index >= 15 is 0 Å². The molecule has 0 radical (unpaired) electrons. The first-order chi connectivity index (χ1) is 18.1. The highest BCUT2D eigenvalue weighted by atomic mass is 16.5. The Morgan fingerprint density at radius 1 is 1.13 bits per heavy atom. The Morgan fingerprint density at radius 3 is 2.39 bits per heavy atom. The van der Waals surface area contributed by atoms with Gasteiger partial charge in [-0.15, -0.1) is 4.68 Å². The third-order valence-corrected chi connectivity index (χ3v) is 7.02. The van der Waals surface area contributed by atoms with Crippen LogP contribution in [0.5, 0.6) is 11.6 Å². The first-order valence-electron chi connectivity index (χ1n) is 13.5. The molecule has 38 heavy (non-hydrogen) atoms. The summed E-state index contributed by atoms with van der Waals surface area (Å²) in [5, 5.41) is 9.37. The summed E-state index contributed by atoms with van der Waals surface area (Å²) >= 11 is 0. The molecule has 1 aliphatic rings. The predicted molar refractivity (Wildman–Crippen MR) is 147 cm³/mol. The number of nitrogens with zero attached hydrogens (tertiary/aromatic N) is 5. The zero-order valence-corrected chi connectivity index (χ0v) is 23.8. The molecule has 10 nitrogen and oxygen atoms in total. The number of rotatable bonds is 9. The fourth-order valence-electron chi connectivity index (χ4n) is 5.05. The monoisotopic (exact) mass is 525 g/mol. The number of carbonyl (C=O) groups excluding carboxylic acids is 1. The number of hydrogen-bond donors (Lipinski definition) is 1. The molecular weight excluding hydrogens is 484 g/mol. The molecule has 0 bridgehead atoms. The van der Waals surface area contributed by atoms with Gasteiger partial charge in [-0.3, -0.25) is 10.5 Å². The minimum absolute atomic E-state index is 0.0117. The maximum atomic E-state index is 13.7. The molecule has 2 aromatic heterocycles. The van der Waals surface area contributed by atoms with Crippen LogP contribution in [-0.2, 0) is 29.5 Å². The van der Waals surface area contributed by atoms with Gasteiger partial charge in [-0.05, 0) is 37.3 Å². The van der Waals surface area contributed by atoms with Crippen molar-refractivity contribution in [2.75, 3.05) is 50.7 Å². The molecule has 0 spiro atoms. The smallest absolute Gasteiger partial charge is 0.401 e. The van der Waals surface area contributed by atoms with E-state index in [1.165, 1.54) is 4.68 Å². The van der Waals surface area contributed by atoms with Gasteiger partial charge in [0.25, 0.3) is 11.5 Å². The summed E-state index contributed by atoms with van der Waals surface area (Å²) in [5.74, 6) is 1.54. The van der Waals surface area contributed by atoms with E-state index in [-0.39, 0.29) is 23.7 Å². The standard InChI is InChI=1S/C28H40N6O4/c1-8-19-20(9-2)26(38-10-3)31-34-25(19)30-33(27(34)29)17-23(35)18-15-21(28(4,5)6)24(36-7)22(16-18)32-11-13-37-14-12-32/h15-16,29H,8-14,17H2,1-7H3/p+1. The highest BCUT2D eigenvalue weighted by molar-refractivity contribution is 5.97. The second-order valence-corrected chi connectivity index (χ2v) is 10.5. The average Bonchev–Trinajstić information content (AvgIpc) is 3.21. The fourth-order valence-corrected chi connectivity index (χ4v) is 5.05. The van der Waals surface area contributed by atoms with Crippen molar-refractivity contribution in [2.45, 2.75) is 66.3 Å². The number of Topliss-reactive ketones (excluding diaryl/α,β-unsaturated/α-hetero) is 1. The summed E-state index contributed by atoms with van der Waals surface area (Å²) < 4.78 is 20.4. The van der Waals surface area contributed by atoms with Gasteiger partial charge >= 0.3 is 5.95 Å². The second-order valence-electron chi connectivity index (χ2n) is 10.5.